The summed E-state index contributed by atoms with van der Waals surface area (Å²) in [6.07, 6.45) is 0.857. The molecule has 1 N–H and O–H groups in total. The number of rotatable bonds is 1. The van der Waals surface area contributed by atoms with Gasteiger partial charge in [-0.1, -0.05) is 0 Å². The minimum absolute atomic E-state index is 0.0503. The van der Waals surface area contributed by atoms with Crippen molar-refractivity contribution in [3.8, 4) is 0 Å². The average molecular weight is 184 g/mol. The largest absolute Gasteiger partial charge is 0.447 e. The summed E-state index contributed by atoms with van der Waals surface area (Å²) in [6, 6.07) is 0.231. The van der Waals surface area contributed by atoms with E-state index in [4.69, 9.17) is 4.74 Å². The molecule has 2 fully saturated rings. The summed E-state index contributed by atoms with van der Waals surface area (Å²) in [5.41, 5.74) is -0.0503. The van der Waals surface area contributed by atoms with E-state index in [1.807, 2.05) is 18.7 Å². The van der Waals surface area contributed by atoms with Crippen molar-refractivity contribution in [3.63, 3.8) is 0 Å². The third kappa shape index (κ3) is 1.20. The summed E-state index contributed by atoms with van der Waals surface area (Å²) in [7, 11) is 0. The number of hydrogen-bond donors (Lipinski definition) is 1. The molecular formula is C9H16N2O2. The average Bonchev–Trinajstić information content (AvgIpc) is 2.61. The lowest BCUT2D eigenvalue weighted by Gasteiger charge is -2.33. The van der Waals surface area contributed by atoms with Crippen LogP contribution in [-0.4, -0.2) is 42.3 Å². The lowest BCUT2D eigenvalue weighted by atomic mass is 9.97. The van der Waals surface area contributed by atoms with Crippen molar-refractivity contribution >= 4 is 6.09 Å². The molecule has 0 aromatic heterocycles. The van der Waals surface area contributed by atoms with Gasteiger partial charge in [-0.05, 0) is 26.8 Å². The highest BCUT2D eigenvalue weighted by Crippen LogP contribution is 2.31. The van der Waals surface area contributed by atoms with Gasteiger partial charge in [0, 0.05) is 12.6 Å². The first-order chi connectivity index (χ1) is 6.16. The van der Waals surface area contributed by atoms with Crippen molar-refractivity contribution in [2.45, 2.75) is 31.8 Å². The molecule has 1 atom stereocenters. The fourth-order valence-corrected chi connectivity index (χ4v) is 2.35. The molecule has 0 aliphatic carbocycles. The van der Waals surface area contributed by atoms with Gasteiger partial charge in [-0.25, -0.2) is 4.79 Å². The molecule has 4 nitrogen and oxygen atoms in total. The molecule has 0 aromatic rings. The van der Waals surface area contributed by atoms with Crippen LogP contribution in [0.2, 0.25) is 0 Å². The monoisotopic (exact) mass is 184 g/mol. The standard InChI is InChI=1S/C9H16N2O2/c1-7(2)11-8(12)13-6-9(11)3-4-10-5-9/h7,10H,3-6H2,1-2H3. The maximum atomic E-state index is 11.5. The second kappa shape index (κ2) is 2.87. The minimum Gasteiger partial charge on any atom is -0.447 e. The number of carbonyl (C=O) groups excluding carboxylic acids is 1. The van der Waals surface area contributed by atoms with E-state index in [9.17, 15) is 4.79 Å². The molecule has 13 heavy (non-hydrogen) atoms. The Labute approximate surface area is 78.2 Å². The number of amides is 1. The van der Waals surface area contributed by atoms with Crippen LogP contribution in [0.4, 0.5) is 4.79 Å². The maximum Gasteiger partial charge on any atom is 0.410 e. The Bertz CT molecular complexity index is 222. The first-order valence-corrected chi connectivity index (χ1v) is 4.82. The molecular weight excluding hydrogens is 168 g/mol. The molecule has 0 aromatic carbocycles. The molecule has 2 rings (SSSR count). The summed E-state index contributed by atoms with van der Waals surface area (Å²) in [4.78, 5) is 13.3. The molecule has 1 unspecified atom stereocenters. The topological polar surface area (TPSA) is 41.6 Å². The van der Waals surface area contributed by atoms with Gasteiger partial charge in [0.15, 0.2) is 0 Å². The zero-order valence-electron chi connectivity index (χ0n) is 8.17. The van der Waals surface area contributed by atoms with Gasteiger partial charge in [0.05, 0.1) is 5.54 Å². The molecule has 1 amide bonds. The SMILES string of the molecule is CC(C)N1C(=O)OCC12CCNC2. The molecule has 1 spiro atoms. The number of hydrogen-bond acceptors (Lipinski definition) is 3. The van der Waals surface area contributed by atoms with Gasteiger partial charge in [0.2, 0.25) is 0 Å². The van der Waals surface area contributed by atoms with Crippen LogP contribution in [0.25, 0.3) is 0 Å². The summed E-state index contributed by atoms with van der Waals surface area (Å²) in [5, 5.41) is 3.29. The van der Waals surface area contributed by atoms with Crippen molar-refractivity contribution in [2.75, 3.05) is 19.7 Å². The van der Waals surface area contributed by atoms with Crippen molar-refractivity contribution in [2.24, 2.45) is 0 Å². The number of cyclic esters (lactones) is 1. The Balaban J connectivity index is 2.23. The molecule has 2 aliphatic heterocycles. The van der Waals surface area contributed by atoms with E-state index >= 15 is 0 Å². The Hall–Kier alpha value is -0.770. The van der Waals surface area contributed by atoms with Gasteiger partial charge in [-0.2, -0.15) is 0 Å². The third-order valence-electron chi connectivity index (χ3n) is 2.91. The van der Waals surface area contributed by atoms with Crippen LogP contribution in [0, 0.1) is 0 Å². The van der Waals surface area contributed by atoms with E-state index < -0.39 is 0 Å². The fraction of sp³-hybridized carbons (Fsp3) is 0.889. The van der Waals surface area contributed by atoms with Crippen LogP contribution in [0.15, 0.2) is 0 Å². The molecule has 2 aliphatic rings. The summed E-state index contributed by atoms with van der Waals surface area (Å²) in [5.74, 6) is 0. The summed E-state index contributed by atoms with van der Waals surface area (Å²) < 4.78 is 5.11. The van der Waals surface area contributed by atoms with Gasteiger partial charge >= 0.3 is 6.09 Å². The van der Waals surface area contributed by atoms with Gasteiger partial charge in [-0.15, -0.1) is 0 Å². The number of nitrogens with zero attached hydrogens (tertiary/aromatic N) is 1. The quantitative estimate of drug-likeness (QED) is 0.648. The molecule has 4 heteroatoms. The Morgan fingerprint density at radius 3 is 2.92 bits per heavy atom. The molecule has 2 saturated heterocycles. The smallest absolute Gasteiger partial charge is 0.410 e. The predicted molar refractivity (Wildman–Crippen MR) is 48.5 cm³/mol. The van der Waals surface area contributed by atoms with Crippen LogP contribution >= 0.6 is 0 Å². The van der Waals surface area contributed by atoms with E-state index in [0.717, 1.165) is 19.5 Å². The number of nitrogens with one attached hydrogen (secondary N) is 1. The first kappa shape index (κ1) is 8.81. The van der Waals surface area contributed by atoms with Crippen molar-refractivity contribution in [1.29, 1.82) is 0 Å². The fourth-order valence-electron chi connectivity index (χ4n) is 2.35. The van der Waals surface area contributed by atoms with Crippen molar-refractivity contribution < 1.29 is 9.53 Å². The first-order valence-electron chi connectivity index (χ1n) is 4.82. The number of ether oxygens (including phenoxy) is 1. The zero-order chi connectivity index (χ0) is 9.47. The second-order valence-electron chi connectivity index (χ2n) is 4.17. The normalized spacial score (nSPS) is 33.5. The highest BCUT2D eigenvalue weighted by atomic mass is 16.6. The molecule has 0 radical (unpaired) electrons. The molecule has 0 bridgehead atoms. The third-order valence-corrected chi connectivity index (χ3v) is 2.91. The van der Waals surface area contributed by atoms with Crippen LogP contribution in [0.5, 0.6) is 0 Å². The second-order valence-corrected chi connectivity index (χ2v) is 4.17. The van der Waals surface area contributed by atoms with E-state index in [2.05, 4.69) is 5.32 Å². The maximum absolute atomic E-state index is 11.5. The van der Waals surface area contributed by atoms with Gasteiger partial charge in [-0.3, -0.25) is 4.90 Å². The van der Waals surface area contributed by atoms with E-state index in [1.54, 1.807) is 0 Å². The van der Waals surface area contributed by atoms with E-state index in [0.29, 0.717) is 6.61 Å². The lowest BCUT2D eigenvalue weighted by Crippen LogP contribution is -2.52. The minimum atomic E-state index is -0.154. The zero-order valence-corrected chi connectivity index (χ0v) is 8.17. The lowest BCUT2D eigenvalue weighted by molar-refractivity contribution is 0.136. The van der Waals surface area contributed by atoms with Crippen LogP contribution in [0.1, 0.15) is 20.3 Å². The summed E-state index contributed by atoms with van der Waals surface area (Å²) >= 11 is 0. The van der Waals surface area contributed by atoms with E-state index in [-0.39, 0.29) is 17.7 Å². The van der Waals surface area contributed by atoms with Crippen molar-refractivity contribution in [3.05, 3.63) is 0 Å². The molecule has 2 heterocycles. The highest BCUT2D eigenvalue weighted by Gasteiger charge is 2.50. The number of carbonyl (C=O) groups is 1. The van der Waals surface area contributed by atoms with Gasteiger partial charge < -0.3 is 10.1 Å². The van der Waals surface area contributed by atoms with E-state index in [1.165, 1.54) is 0 Å². The van der Waals surface area contributed by atoms with Crippen LogP contribution in [0.3, 0.4) is 0 Å². The molecule has 74 valence electrons. The molecule has 0 saturated carbocycles. The Morgan fingerprint density at radius 1 is 1.62 bits per heavy atom. The summed E-state index contributed by atoms with van der Waals surface area (Å²) in [6.45, 7) is 6.48. The highest BCUT2D eigenvalue weighted by molar-refractivity contribution is 5.71. The Morgan fingerprint density at radius 2 is 2.38 bits per heavy atom. The van der Waals surface area contributed by atoms with Crippen LogP contribution < -0.4 is 5.32 Å². The Kier molecular flexibility index (Phi) is 1.95. The van der Waals surface area contributed by atoms with Gasteiger partial charge in [0.1, 0.15) is 6.61 Å². The predicted octanol–water partition coefficient (Wildman–Crippen LogP) is 0.579. The van der Waals surface area contributed by atoms with Gasteiger partial charge in [0.25, 0.3) is 0 Å². The van der Waals surface area contributed by atoms with Crippen LogP contribution in [-0.2, 0) is 4.74 Å². The van der Waals surface area contributed by atoms with Crippen molar-refractivity contribution in [1.82, 2.24) is 10.2 Å².